The van der Waals surface area contributed by atoms with Gasteiger partial charge < -0.3 is 5.32 Å². The molecule has 1 aliphatic rings. The van der Waals surface area contributed by atoms with Crippen LogP contribution in [0.25, 0.3) is 0 Å². The van der Waals surface area contributed by atoms with Crippen molar-refractivity contribution in [3.63, 3.8) is 0 Å². The van der Waals surface area contributed by atoms with Crippen LogP contribution in [0, 0.1) is 0 Å². The molecular formula is C6H12IN. The third-order valence-corrected chi connectivity index (χ3v) is 2.47. The maximum Gasteiger partial charge on any atom is 0.0319 e. The van der Waals surface area contributed by atoms with Crippen molar-refractivity contribution in [2.24, 2.45) is 0 Å². The molecule has 1 rings (SSSR count). The first-order valence-electron chi connectivity index (χ1n) is 3.10. The van der Waals surface area contributed by atoms with Gasteiger partial charge in [0.1, 0.15) is 0 Å². The van der Waals surface area contributed by atoms with Crippen LogP contribution in [-0.2, 0) is 0 Å². The van der Waals surface area contributed by atoms with Gasteiger partial charge in [0.15, 0.2) is 0 Å². The minimum atomic E-state index is 0.538. The van der Waals surface area contributed by atoms with Gasteiger partial charge in [-0.3, -0.25) is 0 Å². The molecule has 0 aromatic carbocycles. The maximum absolute atomic E-state index is 3.37. The Labute approximate surface area is 64.4 Å². The molecule has 48 valence electrons. The largest absolute Gasteiger partial charge is 0.315 e. The van der Waals surface area contributed by atoms with E-state index in [4.69, 9.17) is 0 Å². The number of hydrogen-bond donors (Lipinski definition) is 1. The van der Waals surface area contributed by atoms with Crippen LogP contribution in [0.5, 0.6) is 0 Å². The quantitative estimate of drug-likeness (QED) is 0.487. The highest BCUT2D eigenvalue weighted by atomic mass is 127. The number of nitrogens with one attached hydrogen (secondary N) is 1. The highest BCUT2D eigenvalue weighted by molar-refractivity contribution is 14.1. The molecular weight excluding hydrogens is 213 g/mol. The van der Waals surface area contributed by atoms with E-state index in [0.717, 1.165) is 0 Å². The molecule has 1 fully saturated rings. The molecule has 0 spiro atoms. The van der Waals surface area contributed by atoms with Crippen LogP contribution in [0.4, 0.5) is 0 Å². The van der Waals surface area contributed by atoms with Crippen molar-refractivity contribution in [1.82, 2.24) is 5.32 Å². The van der Waals surface area contributed by atoms with E-state index in [2.05, 4.69) is 34.8 Å². The van der Waals surface area contributed by atoms with Crippen molar-refractivity contribution in [3.05, 3.63) is 0 Å². The molecule has 1 aliphatic heterocycles. The van der Waals surface area contributed by atoms with Gasteiger partial charge in [-0.2, -0.15) is 0 Å². The van der Waals surface area contributed by atoms with E-state index in [9.17, 15) is 0 Å². The van der Waals surface area contributed by atoms with Gasteiger partial charge in [-0.25, -0.2) is 0 Å². The molecule has 0 unspecified atom stereocenters. The third kappa shape index (κ3) is 1.90. The number of hydrogen-bond acceptors (Lipinski definition) is 1. The smallest absolute Gasteiger partial charge is 0.0319 e. The van der Waals surface area contributed by atoms with Crippen molar-refractivity contribution in [2.45, 2.75) is 23.2 Å². The third-order valence-electron chi connectivity index (χ3n) is 1.55. The lowest BCUT2D eigenvalue weighted by molar-refractivity contribution is 0.457. The van der Waals surface area contributed by atoms with Gasteiger partial charge in [0.25, 0.3) is 0 Å². The zero-order valence-corrected chi connectivity index (χ0v) is 7.36. The van der Waals surface area contributed by atoms with Gasteiger partial charge in [0.05, 0.1) is 0 Å². The highest BCUT2D eigenvalue weighted by Gasteiger charge is 2.21. The Balaban J connectivity index is 2.33. The number of piperidine rings is 1. The molecule has 0 aromatic heterocycles. The molecule has 1 saturated heterocycles. The first-order chi connectivity index (χ1) is 3.71. The van der Waals surface area contributed by atoms with Crippen molar-refractivity contribution in [3.8, 4) is 0 Å². The molecule has 0 aliphatic carbocycles. The fraction of sp³-hybridized carbons (Fsp3) is 1.00. The van der Waals surface area contributed by atoms with E-state index in [1.165, 1.54) is 25.9 Å². The summed E-state index contributed by atoms with van der Waals surface area (Å²) in [5, 5.41) is 3.37. The summed E-state index contributed by atoms with van der Waals surface area (Å²) >= 11 is 2.53. The Morgan fingerprint density at radius 2 is 2.38 bits per heavy atom. The second-order valence-corrected chi connectivity index (χ2v) is 5.30. The summed E-state index contributed by atoms with van der Waals surface area (Å²) in [6.45, 7) is 4.71. The van der Waals surface area contributed by atoms with E-state index in [1.807, 2.05) is 0 Å². The van der Waals surface area contributed by atoms with Gasteiger partial charge in [0, 0.05) is 9.97 Å². The van der Waals surface area contributed by atoms with Gasteiger partial charge >= 0.3 is 0 Å². The lowest BCUT2D eigenvalue weighted by Gasteiger charge is -2.27. The average molecular weight is 225 g/mol. The lowest BCUT2D eigenvalue weighted by atomic mass is 10.0. The van der Waals surface area contributed by atoms with Crippen molar-refractivity contribution >= 4 is 22.6 Å². The second kappa shape index (κ2) is 2.52. The molecule has 1 atom stereocenters. The van der Waals surface area contributed by atoms with Gasteiger partial charge in [0.2, 0.25) is 0 Å². The van der Waals surface area contributed by atoms with E-state index in [0.29, 0.717) is 3.42 Å². The van der Waals surface area contributed by atoms with Crippen LogP contribution in [0.2, 0.25) is 0 Å². The van der Waals surface area contributed by atoms with Crippen LogP contribution in [0.1, 0.15) is 19.8 Å². The molecule has 0 bridgehead atoms. The second-order valence-electron chi connectivity index (χ2n) is 2.69. The van der Waals surface area contributed by atoms with E-state index in [-0.39, 0.29) is 0 Å². The number of rotatable bonds is 0. The Bertz CT molecular complexity index is 72.6. The molecule has 1 heterocycles. The van der Waals surface area contributed by atoms with Crippen LogP contribution < -0.4 is 5.32 Å². The summed E-state index contributed by atoms with van der Waals surface area (Å²) in [5.74, 6) is 0. The van der Waals surface area contributed by atoms with Crippen LogP contribution in [0.15, 0.2) is 0 Å². The summed E-state index contributed by atoms with van der Waals surface area (Å²) in [7, 11) is 0. The zero-order chi connectivity index (χ0) is 6.04. The standard InChI is InChI=1S/C6H12IN/c1-6(7)3-2-4-8-5-6/h8H,2-5H2,1H3/t6-/m1/s1. The van der Waals surface area contributed by atoms with Crippen molar-refractivity contribution < 1.29 is 0 Å². The first-order valence-corrected chi connectivity index (χ1v) is 4.18. The fourth-order valence-electron chi connectivity index (χ4n) is 1.02. The topological polar surface area (TPSA) is 12.0 Å². The summed E-state index contributed by atoms with van der Waals surface area (Å²) in [6.07, 6.45) is 2.72. The monoisotopic (exact) mass is 225 g/mol. The predicted octanol–water partition coefficient (Wildman–Crippen LogP) is 1.56. The first kappa shape index (κ1) is 6.81. The number of alkyl halides is 1. The molecule has 0 saturated carbocycles. The van der Waals surface area contributed by atoms with Crippen LogP contribution in [0.3, 0.4) is 0 Å². The zero-order valence-electron chi connectivity index (χ0n) is 5.21. The molecule has 8 heavy (non-hydrogen) atoms. The minimum Gasteiger partial charge on any atom is -0.315 e. The van der Waals surface area contributed by atoms with E-state index >= 15 is 0 Å². The Hall–Kier alpha value is 0.690. The van der Waals surface area contributed by atoms with E-state index in [1.54, 1.807) is 0 Å². The Morgan fingerprint density at radius 1 is 1.62 bits per heavy atom. The Morgan fingerprint density at radius 3 is 2.62 bits per heavy atom. The normalized spacial score (nSPS) is 39.8. The molecule has 0 aromatic rings. The van der Waals surface area contributed by atoms with Crippen LogP contribution in [-0.4, -0.2) is 16.5 Å². The fourth-order valence-corrected chi connectivity index (χ4v) is 1.67. The minimum absolute atomic E-state index is 0.538. The van der Waals surface area contributed by atoms with Crippen molar-refractivity contribution in [1.29, 1.82) is 0 Å². The SMILES string of the molecule is C[C@@]1(I)CCCNC1. The maximum atomic E-state index is 3.37. The van der Waals surface area contributed by atoms with Crippen molar-refractivity contribution in [2.75, 3.05) is 13.1 Å². The molecule has 0 amide bonds. The highest BCUT2D eigenvalue weighted by Crippen LogP contribution is 2.25. The average Bonchev–Trinajstić information content (AvgIpc) is 1.65. The van der Waals surface area contributed by atoms with Gasteiger partial charge in [-0.1, -0.05) is 22.6 Å². The van der Waals surface area contributed by atoms with Gasteiger partial charge in [-0.05, 0) is 26.3 Å². The summed E-state index contributed by atoms with van der Waals surface area (Å²) in [4.78, 5) is 0. The number of halogens is 1. The van der Waals surface area contributed by atoms with E-state index < -0.39 is 0 Å². The molecule has 1 N–H and O–H groups in total. The van der Waals surface area contributed by atoms with Crippen LogP contribution >= 0.6 is 22.6 Å². The summed E-state index contributed by atoms with van der Waals surface area (Å²) in [6, 6.07) is 0. The molecule has 2 heteroatoms. The summed E-state index contributed by atoms with van der Waals surface area (Å²) in [5.41, 5.74) is 0. The van der Waals surface area contributed by atoms with Gasteiger partial charge in [-0.15, -0.1) is 0 Å². The lowest BCUT2D eigenvalue weighted by Crippen LogP contribution is -2.38. The molecule has 0 radical (unpaired) electrons. The molecule has 1 nitrogen and oxygen atoms in total. The Kier molecular flexibility index (Phi) is 2.14. The predicted molar refractivity (Wildman–Crippen MR) is 44.5 cm³/mol. The summed E-state index contributed by atoms with van der Waals surface area (Å²) < 4.78 is 0.538.